The van der Waals surface area contributed by atoms with E-state index in [4.69, 9.17) is 9.47 Å². The van der Waals surface area contributed by atoms with E-state index in [0.717, 1.165) is 13.1 Å². The summed E-state index contributed by atoms with van der Waals surface area (Å²) in [4.78, 5) is 4.87. The largest absolute Gasteiger partial charge is 0.319 e. The second kappa shape index (κ2) is 5.92. The molecule has 0 bridgehead atoms. The van der Waals surface area contributed by atoms with E-state index in [-0.39, 0.29) is 34.1 Å². The van der Waals surface area contributed by atoms with Crippen molar-refractivity contribution in [3.63, 3.8) is 0 Å². The average Bonchev–Trinajstić information content (AvgIpc) is 2.89. The topological polar surface area (TPSA) is 24.9 Å². The highest BCUT2D eigenvalue weighted by atomic mass is 16.8. The monoisotopic (exact) mass is 354 g/mol. The van der Waals surface area contributed by atoms with E-state index in [1.807, 2.05) is 0 Å². The van der Waals surface area contributed by atoms with Crippen molar-refractivity contribution < 1.29 is 9.47 Å². The summed E-state index contributed by atoms with van der Waals surface area (Å²) in [6.07, 6.45) is 0.269. The summed E-state index contributed by atoms with van der Waals surface area (Å²) in [7, 11) is 0. The summed E-state index contributed by atoms with van der Waals surface area (Å²) in [6, 6.07) is -0.785. The predicted octanol–water partition coefficient (Wildman–Crippen LogP) is 4.69. The Morgan fingerprint density at radius 3 is 1.08 bits per heavy atom. The molecular formula is C21H42N2O2. The van der Waals surface area contributed by atoms with E-state index in [1.165, 1.54) is 0 Å². The van der Waals surface area contributed by atoms with Gasteiger partial charge in [-0.05, 0) is 52.4 Å². The third-order valence-corrected chi connectivity index (χ3v) is 5.52. The molecule has 4 nitrogen and oxygen atoms in total. The van der Waals surface area contributed by atoms with Gasteiger partial charge in [0.05, 0.1) is 12.2 Å². The van der Waals surface area contributed by atoms with Crippen LogP contribution in [0.15, 0.2) is 0 Å². The smallest absolute Gasteiger partial charge is 0.298 e. The highest BCUT2D eigenvalue weighted by Crippen LogP contribution is 2.50. The molecule has 2 saturated heterocycles. The van der Waals surface area contributed by atoms with Gasteiger partial charge >= 0.3 is 0 Å². The fourth-order valence-electron chi connectivity index (χ4n) is 3.73. The second-order valence-corrected chi connectivity index (χ2v) is 12.1. The van der Waals surface area contributed by atoms with Crippen LogP contribution in [0.25, 0.3) is 0 Å². The van der Waals surface area contributed by atoms with E-state index in [2.05, 4.69) is 92.9 Å². The Morgan fingerprint density at radius 2 is 0.880 bits per heavy atom. The number of hydrogen-bond donors (Lipinski definition) is 0. The van der Waals surface area contributed by atoms with Gasteiger partial charge in [-0.1, -0.05) is 41.5 Å². The summed E-state index contributed by atoms with van der Waals surface area (Å²) < 4.78 is 13.6. The van der Waals surface area contributed by atoms with Gasteiger partial charge in [-0.3, -0.25) is 0 Å². The van der Waals surface area contributed by atoms with Crippen molar-refractivity contribution in [1.82, 2.24) is 9.80 Å². The van der Waals surface area contributed by atoms with Crippen molar-refractivity contribution in [3.05, 3.63) is 0 Å². The molecule has 2 unspecified atom stereocenters. The van der Waals surface area contributed by atoms with Crippen molar-refractivity contribution in [1.29, 1.82) is 0 Å². The first-order valence-electron chi connectivity index (χ1n) is 9.80. The average molecular weight is 355 g/mol. The van der Waals surface area contributed by atoms with Crippen molar-refractivity contribution in [2.75, 3.05) is 13.1 Å². The number of nitrogens with zero attached hydrogens (tertiary/aromatic N) is 2. The van der Waals surface area contributed by atoms with E-state index >= 15 is 0 Å². The van der Waals surface area contributed by atoms with E-state index in [0.29, 0.717) is 0 Å². The van der Waals surface area contributed by atoms with Gasteiger partial charge in [0.2, 0.25) is 0 Å². The zero-order chi connectivity index (χ0) is 19.6. The van der Waals surface area contributed by atoms with Gasteiger partial charge in [0.1, 0.15) is 0 Å². The SMILES string of the molecule is CC(C)(C)C1CN(C(C)(C)C)C2(O1)OC(C(C)(C)C)CN2C(C)(C)C. The normalized spacial score (nSPS) is 33.6. The fourth-order valence-corrected chi connectivity index (χ4v) is 3.73. The summed E-state index contributed by atoms with van der Waals surface area (Å²) in [5.74, 6) is 0. The Labute approximate surface area is 156 Å². The van der Waals surface area contributed by atoms with Gasteiger partial charge in [-0.25, -0.2) is 9.80 Å². The standard InChI is InChI=1S/C21H42N2O2/c1-17(2,3)15-13-22(19(7,8)9)21(24-15)23(20(10,11)12)14-16(25-21)18(4,5)6/h15-16H,13-14H2,1-12H3. The molecule has 0 aliphatic carbocycles. The van der Waals surface area contributed by atoms with Gasteiger partial charge in [0.25, 0.3) is 6.03 Å². The number of rotatable bonds is 0. The zero-order valence-electron chi connectivity index (χ0n) is 18.8. The molecule has 0 radical (unpaired) electrons. The van der Waals surface area contributed by atoms with Crippen LogP contribution in [0, 0.1) is 10.8 Å². The number of hydrogen-bond acceptors (Lipinski definition) is 4. The Morgan fingerprint density at radius 1 is 0.600 bits per heavy atom. The Kier molecular flexibility index (Phi) is 5.01. The molecule has 0 saturated carbocycles. The Hall–Kier alpha value is -0.160. The van der Waals surface area contributed by atoms with Crippen LogP contribution in [-0.4, -0.2) is 52.2 Å². The van der Waals surface area contributed by atoms with Crippen molar-refractivity contribution in [3.8, 4) is 0 Å². The minimum absolute atomic E-state index is 0.0454. The lowest BCUT2D eigenvalue weighted by molar-refractivity contribution is -0.366. The minimum atomic E-state index is -0.785. The van der Waals surface area contributed by atoms with Crippen molar-refractivity contribution in [2.45, 2.75) is 112 Å². The zero-order valence-corrected chi connectivity index (χ0v) is 18.8. The molecule has 2 aliphatic heterocycles. The van der Waals surface area contributed by atoms with E-state index in [1.54, 1.807) is 0 Å². The molecule has 2 fully saturated rings. The van der Waals surface area contributed by atoms with Gasteiger partial charge in [0.15, 0.2) is 0 Å². The Balaban J connectivity index is 2.54. The first-order valence-corrected chi connectivity index (χ1v) is 9.80. The van der Waals surface area contributed by atoms with Crippen molar-refractivity contribution in [2.24, 2.45) is 10.8 Å². The van der Waals surface area contributed by atoms with Crippen LogP contribution in [0.4, 0.5) is 0 Å². The van der Waals surface area contributed by atoms with Gasteiger partial charge in [0, 0.05) is 24.2 Å². The molecule has 2 heterocycles. The lowest BCUT2D eigenvalue weighted by atomic mass is 9.88. The van der Waals surface area contributed by atoms with E-state index in [9.17, 15) is 0 Å². The third kappa shape index (κ3) is 3.92. The van der Waals surface area contributed by atoms with Crippen LogP contribution in [-0.2, 0) is 9.47 Å². The highest BCUT2D eigenvalue weighted by molar-refractivity contribution is 5.03. The molecule has 2 atom stereocenters. The molecular weight excluding hydrogens is 312 g/mol. The maximum Gasteiger partial charge on any atom is 0.298 e. The predicted molar refractivity (Wildman–Crippen MR) is 104 cm³/mol. The summed E-state index contributed by atoms with van der Waals surface area (Å²) in [6.45, 7) is 28.9. The molecule has 0 amide bonds. The minimum Gasteiger partial charge on any atom is -0.319 e. The first-order chi connectivity index (χ1) is 10.9. The van der Waals surface area contributed by atoms with Gasteiger partial charge in [-0.2, -0.15) is 0 Å². The van der Waals surface area contributed by atoms with E-state index < -0.39 is 6.03 Å². The fraction of sp³-hybridized carbons (Fsp3) is 1.00. The van der Waals surface area contributed by atoms with Crippen LogP contribution in [0.2, 0.25) is 0 Å². The van der Waals surface area contributed by atoms with Gasteiger partial charge in [-0.15, -0.1) is 0 Å². The highest BCUT2D eigenvalue weighted by Gasteiger charge is 2.65. The van der Waals surface area contributed by atoms with Crippen LogP contribution in [0.3, 0.4) is 0 Å². The quantitative estimate of drug-likeness (QED) is 0.630. The molecule has 2 aliphatic rings. The van der Waals surface area contributed by atoms with Crippen molar-refractivity contribution >= 4 is 0 Å². The maximum atomic E-state index is 6.81. The summed E-state index contributed by atoms with van der Waals surface area (Å²) in [5, 5.41) is 0. The van der Waals surface area contributed by atoms with Crippen LogP contribution < -0.4 is 0 Å². The number of ether oxygens (including phenoxy) is 2. The van der Waals surface area contributed by atoms with Crippen LogP contribution >= 0.6 is 0 Å². The second-order valence-electron chi connectivity index (χ2n) is 12.1. The molecule has 2 rings (SSSR count). The molecule has 0 aromatic heterocycles. The molecule has 0 aromatic carbocycles. The lowest BCUT2D eigenvalue weighted by Gasteiger charge is -2.49. The molecule has 0 N–H and O–H groups in total. The molecule has 148 valence electrons. The lowest BCUT2D eigenvalue weighted by Crippen LogP contribution is -2.65. The maximum absolute atomic E-state index is 6.81. The van der Waals surface area contributed by atoms with Gasteiger partial charge < -0.3 is 9.47 Å². The molecule has 0 aromatic rings. The molecule has 1 spiro atoms. The molecule has 25 heavy (non-hydrogen) atoms. The Bertz CT molecular complexity index is 442. The first kappa shape index (κ1) is 21.1. The summed E-state index contributed by atoms with van der Waals surface area (Å²) in [5.41, 5.74) is 0.0476. The van der Waals surface area contributed by atoms with Crippen LogP contribution in [0.1, 0.15) is 83.1 Å². The van der Waals surface area contributed by atoms with Crippen LogP contribution in [0.5, 0.6) is 0 Å². The third-order valence-electron chi connectivity index (χ3n) is 5.52. The molecule has 4 heteroatoms. The summed E-state index contributed by atoms with van der Waals surface area (Å²) >= 11 is 0.